The van der Waals surface area contributed by atoms with Crippen molar-refractivity contribution in [3.63, 3.8) is 0 Å². The number of amides is 1. The fraction of sp³-hybridized carbons (Fsp3) is 0.400. The Morgan fingerprint density at radius 1 is 1.08 bits per heavy atom. The molecule has 0 aliphatic carbocycles. The molecule has 1 amide bonds. The summed E-state index contributed by atoms with van der Waals surface area (Å²) in [5, 5.41) is 2.90. The smallest absolute Gasteiger partial charge is 0.252 e. The van der Waals surface area contributed by atoms with Gasteiger partial charge in [-0.05, 0) is 42.3 Å². The number of hydrogen-bond acceptors (Lipinski definition) is 4. The van der Waals surface area contributed by atoms with E-state index >= 15 is 0 Å². The summed E-state index contributed by atoms with van der Waals surface area (Å²) >= 11 is 0. The van der Waals surface area contributed by atoms with Crippen LogP contribution in [0.4, 0.5) is 15.9 Å². The number of aromatic nitrogens is 1. The topological polar surface area (TPSA) is 48.5 Å². The molecule has 1 aliphatic rings. The molecule has 2 heterocycles. The molecule has 26 heavy (non-hydrogen) atoms. The fourth-order valence-electron chi connectivity index (χ4n) is 2.95. The first-order valence-electron chi connectivity index (χ1n) is 9.02. The fourth-order valence-corrected chi connectivity index (χ4v) is 2.95. The molecule has 6 heteroatoms. The van der Waals surface area contributed by atoms with E-state index < -0.39 is 0 Å². The SMILES string of the molecule is CC(C)CNC(=O)c1ccc(N2CCN(c3ccc(F)cc3)CC2)nc1. The monoisotopic (exact) mass is 356 g/mol. The molecule has 1 aromatic heterocycles. The maximum atomic E-state index is 13.1. The number of pyridine rings is 1. The van der Waals surface area contributed by atoms with Crippen molar-refractivity contribution < 1.29 is 9.18 Å². The Labute approximate surface area is 153 Å². The molecule has 1 N–H and O–H groups in total. The van der Waals surface area contributed by atoms with Gasteiger partial charge in [-0.15, -0.1) is 0 Å². The summed E-state index contributed by atoms with van der Waals surface area (Å²) in [6, 6.07) is 10.3. The predicted molar refractivity (Wildman–Crippen MR) is 102 cm³/mol. The van der Waals surface area contributed by atoms with Crippen LogP contribution < -0.4 is 15.1 Å². The standard InChI is InChI=1S/C20H25FN4O/c1-15(2)13-23-20(26)16-3-8-19(22-14-16)25-11-9-24(10-12-25)18-6-4-17(21)5-7-18/h3-8,14-15H,9-13H2,1-2H3,(H,23,26). The van der Waals surface area contributed by atoms with Crippen molar-refractivity contribution in [3.05, 3.63) is 54.0 Å². The van der Waals surface area contributed by atoms with Gasteiger partial charge in [-0.1, -0.05) is 13.8 Å². The number of carbonyl (C=O) groups excluding carboxylic acids is 1. The van der Waals surface area contributed by atoms with Crippen molar-refractivity contribution in [2.45, 2.75) is 13.8 Å². The van der Waals surface area contributed by atoms with Crippen LogP contribution in [0.2, 0.25) is 0 Å². The van der Waals surface area contributed by atoms with Gasteiger partial charge in [-0.2, -0.15) is 0 Å². The first-order valence-corrected chi connectivity index (χ1v) is 9.02. The maximum absolute atomic E-state index is 13.1. The third-order valence-electron chi connectivity index (χ3n) is 4.48. The number of anilines is 2. The quantitative estimate of drug-likeness (QED) is 0.895. The molecule has 1 aromatic carbocycles. The van der Waals surface area contributed by atoms with Crippen molar-refractivity contribution in [2.24, 2.45) is 5.92 Å². The van der Waals surface area contributed by atoms with Crippen molar-refractivity contribution in [3.8, 4) is 0 Å². The largest absolute Gasteiger partial charge is 0.368 e. The van der Waals surface area contributed by atoms with Gasteiger partial charge < -0.3 is 15.1 Å². The third kappa shape index (κ3) is 4.50. The van der Waals surface area contributed by atoms with Crippen LogP contribution in [0.1, 0.15) is 24.2 Å². The first-order chi connectivity index (χ1) is 12.5. The molecule has 1 aliphatic heterocycles. The Bertz CT molecular complexity index is 722. The van der Waals surface area contributed by atoms with E-state index in [4.69, 9.17) is 0 Å². The zero-order valence-corrected chi connectivity index (χ0v) is 15.3. The minimum Gasteiger partial charge on any atom is -0.368 e. The van der Waals surface area contributed by atoms with Crippen LogP contribution in [0.5, 0.6) is 0 Å². The van der Waals surface area contributed by atoms with E-state index in [2.05, 4.69) is 33.9 Å². The van der Waals surface area contributed by atoms with E-state index in [0.717, 1.165) is 37.7 Å². The highest BCUT2D eigenvalue weighted by atomic mass is 19.1. The normalized spacial score (nSPS) is 14.6. The lowest BCUT2D eigenvalue weighted by atomic mass is 10.2. The lowest BCUT2D eigenvalue weighted by Crippen LogP contribution is -2.46. The highest BCUT2D eigenvalue weighted by Gasteiger charge is 2.18. The van der Waals surface area contributed by atoms with E-state index in [1.54, 1.807) is 6.20 Å². The summed E-state index contributed by atoms with van der Waals surface area (Å²) < 4.78 is 13.1. The van der Waals surface area contributed by atoms with Crippen molar-refractivity contribution in [1.29, 1.82) is 0 Å². The van der Waals surface area contributed by atoms with Crippen molar-refractivity contribution >= 4 is 17.4 Å². The minimum atomic E-state index is -0.214. The second-order valence-corrected chi connectivity index (χ2v) is 6.96. The Morgan fingerprint density at radius 2 is 1.73 bits per heavy atom. The van der Waals surface area contributed by atoms with E-state index in [-0.39, 0.29) is 11.7 Å². The van der Waals surface area contributed by atoms with Gasteiger partial charge in [0, 0.05) is 44.6 Å². The molecule has 0 unspecified atom stereocenters. The maximum Gasteiger partial charge on any atom is 0.252 e. The lowest BCUT2D eigenvalue weighted by Gasteiger charge is -2.36. The van der Waals surface area contributed by atoms with Crippen LogP contribution in [0.3, 0.4) is 0 Å². The Morgan fingerprint density at radius 3 is 2.31 bits per heavy atom. The van der Waals surface area contributed by atoms with Gasteiger partial charge in [0.15, 0.2) is 0 Å². The highest BCUT2D eigenvalue weighted by Crippen LogP contribution is 2.19. The second kappa shape index (κ2) is 8.17. The molecule has 2 aromatic rings. The van der Waals surface area contributed by atoms with Crippen LogP contribution in [0, 0.1) is 11.7 Å². The Hall–Kier alpha value is -2.63. The molecular formula is C20H25FN4O. The molecule has 1 fully saturated rings. The molecular weight excluding hydrogens is 331 g/mol. The highest BCUT2D eigenvalue weighted by molar-refractivity contribution is 5.94. The molecule has 0 atom stereocenters. The number of hydrogen-bond donors (Lipinski definition) is 1. The zero-order valence-electron chi connectivity index (χ0n) is 15.3. The Kier molecular flexibility index (Phi) is 5.71. The second-order valence-electron chi connectivity index (χ2n) is 6.96. The van der Waals surface area contributed by atoms with Gasteiger partial charge in [0.1, 0.15) is 11.6 Å². The molecule has 0 bridgehead atoms. The van der Waals surface area contributed by atoms with Crippen LogP contribution in [0.15, 0.2) is 42.6 Å². The summed E-state index contributed by atoms with van der Waals surface area (Å²) in [6.07, 6.45) is 1.64. The number of nitrogens with one attached hydrogen (secondary N) is 1. The molecule has 1 saturated heterocycles. The van der Waals surface area contributed by atoms with E-state index in [1.165, 1.54) is 12.1 Å². The lowest BCUT2D eigenvalue weighted by molar-refractivity contribution is 0.0948. The van der Waals surface area contributed by atoms with E-state index in [9.17, 15) is 9.18 Å². The zero-order chi connectivity index (χ0) is 18.5. The number of benzene rings is 1. The average molecular weight is 356 g/mol. The van der Waals surface area contributed by atoms with E-state index in [0.29, 0.717) is 18.0 Å². The number of carbonyl (C=O) groups is 1. The summed E-state index contributed by atoms with van der Waals surface area (Å²) in [5.74, 6) is 1.00. The van der Waals surface area contributed by atoms with Gasteiger partial charge in [0.05, 0.1) is 5.56 Å². The van der Waals surface area contributed by atoms with Crippen LogP contribution in [0.25, 0.3) is 0 Å². The van der Waals surface area contributed by atoms with Gasteiger partial charge in [-0.3, -0.25) is 4.79 Å². The van der Waals surface area contributed by atoms with Gasteiger partial charge >= 0.3 is 0 Å². The van der Waals surface area contributed by atoms with Crippen LogP contribution in [-0.4, -0.2) is 43.6 Å². The third-order valence-corrected chi connectivity index (χ3v) is 4.48. The summed E-state index contributed by atoms with van der Waals surface area (Å²) in [6.45, 7) is 8.16. The summed E-state index contributed by atoms with van der Waals surface area (Å²) in [5.41, 5.74) is 1.62. The van der Waals surface area contributed by atoms with Gasteiger partial charge in [-0.25, -0.2) is 9.37 Å². The van der Waals surface area contributed by atoms with Crippen LogP contribution in [-0.2, 0) is 0 Å². The van der Waals surface area contributed by atoms with E-state index in [1.807, 2.05) is 24.3 Å². The molecule has 0 radical (unpaired) electrons. The predicted octanol–water partition coefficient (Wildman–Crippen LogP) is 2.93. The number of nitrogens with zero attached hydrogens (tertiary/aromatic N) is 3. The molecule has 3 rings (SSSR count). The van der Waals surface area contributed by atoms with Crippen LogP contribution >= 0.6 is 0 Å². The molecule has 0 spiro atoms. The van der Waals surface area contributed by atoms with Gasteiger partial charge in [0.25, 0.3) is 5.91 Å². The molecule has 0 saturated carbocycles. The minimum absolute atomic E-state index is 0.0844. The number of rotatable bonds is 5. The summed E-state index contributed by atoms with van der Waals surface area (Å²) in [4.78, 5) is 21.0. The average Bonchev–Trinajstić information content (AvgIpc) is 2.67. The molecule has 5 nitrogen and oxygen atoms in total. The Balaban J connectivity index is 1.56. The summed E-state index contributed by atoms with van der Waals surface area (Å²) in [7, 11) is 0. The van der Waals surface area contributed by atoms with Crippen molar-refractivity contribution in [2.75, 3.05) is 42.5 Å². The number of halogens is 1. The first kappa shape index (κ1) is 18.2. The molecule has 138 valence electrons. The number of piperazine rings is 1. The van der Waals surface area contributed by atoms with Gasteiger partial charge in [0.2, 0.25) is 0 Å². The van der Waals surface area contributed by atoms with Crippen molar-refractivity contribution in [1.82, 2.24) is 10.3 Å².